The Morgan fingerprint density at radius 3 is 2.63 bits per heavy atom. The lowest BCUT2D eigenvalue weighted by Gasteiger charge is -2.28. The summed E-state index contributed by atoms with van der Waals surface area (Å²) in [6, 6.07) is 4.09. The van der Waals surface area contributed by atoms with Gasteiger partial charge in [-0.25, -0.2) is 0 Å². The van der Waals surface area contributed by atoms with Crippen LogP contribution >= 0.6 is 0 Å². The van der Waals surface area contributed by atoms with Gasteiger partial charge in [0.15, 0.2) is 0 Å². The Labute approximate surface area is 115 Å². The summed E-state index contributed by atoms with van der Waals surface area (Å²) in [4.78, 5) is 15.2. The number of carboxylic acid groups (broad SMARTS) is 1. The number of carbonyl (C=O) groups is 1. The predicted molar refractivity (Wildman–Crippen MR) is 76.1 cm³/mol. The van der Waals surface area contributed by atoms with E-state index in [-0.39, 0.29) is 12.1 Å². The monoisotopic (exact) mass is 264 g/mol. The Kier molecular flexibility index (Phi) is 5.96. The summed E-state index contributed by atoms with van der Waals surface area (Å²) in [6.45, 7) is 6.14. The summed E-state index contributed by atoms with van der Waals surface area (Å²) in [5, 5.41) is 11.8. The van der Waals surface area contributed by atoms with Gasteiger partial charge in [0.2, 0.25) is 0 Å². The van der Waals surface area contributed by atoms with Crippen LogP contribution in [0.5, 0.6) is 0 Å². The van der Waals surface area contributed by atoms with Crippen molar-refractivity contribution in [1.82, 2.24) is 10.3 Å². The average Bonchev–Trinajstić information content (AvgIpc) is 2.43. The second kappa shape index (κ2) is 7.24. The largest absolute Gasteiger partial charge is 0.480 e. The van der Waals surface area contributed by atoms with Crippen LogP contribution in [0.2, 0.25) is 0 Å². The van der Waals surface area contributed by atoms with Crippen LogP contribution in [0.25, 0.3) is 0 Å². The van der Waals surface area contributed by atoms with Crippen LogP contribution in [0.1, 0.15) is 51.3 Å². The topological polar surface area (TPSA) is 62.2 Å². The van der Waals surface area contributed by atoms with E-state index in [1.54, 1.807) is 0 Å². The van der Waals surface area contributed by atoms with Crippen molar-refractivity contribution in [2.45, 2.75) is 52.0 Å². The van der Waals surface area contributed by atoms with Crippen molar-refractivity contribution in [2.24, 2.45) is 0 Å². The van der Waals surface area contributed by atoms with Crippen LogP contribution in [0.4, 0.5) is 0 Å². The Balaban J connectivity index is 2.77. The number of unbranched alkanes of at least 4 members (excludes halogenated alkanes) is 1. The van der Waals surface area contributed by atoms with E-state index in [1.807, 2.05) is 26.1 Å². The maximum atomic E-state index is 10.7. The molecule has 19 heavy (non-hydrogen) atoms. The van der Waals surface area contributed by atoms with Crippen molar-refractivity contribution >= 4 is 5.97 Å². The Morgan fingerprint density at radius 1 is 1.42 bits per heavy atom. The summed E-state index contributed by atoms with van der Waals surface area (Å²) in [7, 11) is 0. The molecule has 1 aromatic heterocycles. The zero-order valence-corrected chi connectivity index (χ0v) is 12.1. The van der Waals surface area contributed by atoms with E-state index >= 15 is 0 Å². The van der Waals surface area contributed by atoms with Gasteiger partial charge in [-0.1, -0.05) is 26.3 Å². The summed E-state index contributed by atoms with van der Waals surface area (Å²) in [6.07, 6.45) is 6.09. The highest BCUT2D eigenvalue weighted by Crippen LogP contribution is 2.22. The Morgan fingerprint density at radius 2 is 2.16 bits per heavy atom. The normalized spacial score (nSPS) is 14.1. The molecule has 0 saturated carbocycles. The van der Waals surface area contributed by atoms with Crippen LogP contribution in [-0.2, 0) is 16.8 Å². The number of aliphatic carboxylic acids is 1. The van der Waals surface area contributed by atoms with Crippen molar-refractivity contribution in [3.05, 3.63) is 29.6 Å². The van der Waals surface area contributed by atoms with Crippen molar-refractivity contribution in [1.29, 1.82) is 0 Å². The molecule has 1 atom stereocenters. The summed E-state index contributed by atoms with van der Waals surface area (Å²) < 4.78 is 0. The molecule has 0 bridgehead atoms. The number of hydrogen-bond acceptors (Lipinski definition) is 3. The molecule has 1 aromatic rings. The molecule has 4 nitrogen and oxygen atoms in total. The van der Waals surface area contributed by atoms with Crippen molar-refractivity contribution in [3.8, 4) is 0 Å². The SMILES string of the molecule is CCCCc1ccc(C(C)(CC)NCC(=O)O)nc1. The molecule has 0 aliphatic carbocycles. The van der Waals surface area contributed by atoms with Gasteiger partial charge in [0.25, 0.3) is 0 Å². The van der Waals surface area contributed by atoms with Crippen LogP contribution in [0, 0.1) is 0 Å². The molecule has 1 heterocycles. The number of aromatic nitrogens is 1. The zero-order valence-electron chi connectivity index (χ0n) is 12.1. The number of nitrogens with zero attached hydrogens (tertiary/aromatic N) is 1. The van der Waals surface area contributed by atoms with Gasteiger partial charge in [-0.15, -0.1) is 0 Å². The van der Waals surface area contributed by atoms with Gasteiger partial charge in [0.05, 0.1) is 17.8 Å². The van der Waals surface area contributed by atoms with Gasteiger partial charge in [-0.05, 0) is 37.8 Å². The lowest BCUT2D eigenvalue weighted by molar-refractivity contribution is -0.136. The third-order valence-electron chi connectivity index (χ3n) is 3.55. The van der Waals surface area contributed by atoms with Crippen LogP contribution in [0.3, 0.4) is 0 Å². The first-order valence-electron chi connectivity index (χ1n) is 6.94. The molecule has 0 aromatic carbocycles. The number of pyridine rings is 1. The van der Waals surface area contributed by atoms with Crippen LogP contribution in [-0.4, -0.2) is 22.6 Å². The highest BCUT2D eigenvalue weighted by atomic mass is 16.4. The molecule has 0 saturated heterocycles. The third kappa shape index (κ3) is 4.63. The van der Waals surface area contributed by atoms with E-state index in [4.69, 9.17) is 5.11 Å². The first-order chi connectivity index (χ1) is 9.01. The second-order valence-corrected chi connectivity index (χ2v) is 5.09. The first kappa shape index (κ1) is 15.6. The minimum absolute atomic E-state index is 0.0520. The van der Waals surface area contributed by atoms with E-state index in [0.717, 1.165) is 18.5 Å². The first-order valence-corrected chi connectivity index (χ1v) is 6.94. The molecule has 0 spiro atoms. The number of rotatable bonds is 8. The fourth-order valence-corrected chi connectivity index (χ4v) is 1.95. The summed E-state index contributed by atoms with van der Waals surface area (Å²) >= 11 is 0. The Hall–Kier alpha value is -1.42. The lowest BCUT2D eigenvalue weighted by atomic mass is 9.93. The molecular formula is C15H24N2O2. The smallest absolute Gasteiger partial charge is 0.317 e. The van der Waals surface area contributed by atoms with Gasteiger partial charge in [0, 0.05) is 6.20 Å². The quantitative estimate of drug-likeness (QED) is 0.758. The van der Waals surface area contributed by atoms with Gasteiger partial charge in [-0.2, -0.15) is 0 Å². The number of hydrogen-bond donors (Lipinski definition) is 2. The third-order valence-corrected chi connectivity index (χ3v) is 3.55. The highest BCUT2D eigenvalue weighted by molar-refractivity contribution is 5.69. The second-order valence-electron chi connectivity index (χ2n) is 5.09. The molecular weight excluding hydrogens is 240 g/mol. The molecule has 0 amide bonds. The number of carboxylic acids is 1. The molecule has 1 unspecified atom stereocenters. The lowest BCUT2D eigenvalue weighted by Crippen LogP contribution is -2.42. The van der Waals surface area contributed by atoms with E-state index in [9.17, 15) is 4.79 Å². The van der Waals surface area contributed by atoms with Crippen LogP contribution < -0.4 is 5.32 Å². The predicted octanol–water partition coefficient (Wildman–Crippen LogP) is 2.72. The minimum Gasteiger partial charge on any atom is -0.480 e. The zero-order chi connectivity index (χ0) is 14.3. The molecule has 0 radical (unpaired) electrons. The molecule has 0 aliphatic heterocycles. The summed E-state index contributed by atoms with van der Waals surface area (Å²) in [5.74, 6) is -0.848. The highest BCUT2D eigenvalue weighted by Gasteiger charge is 2.26. The van der Waals surface area contributed by atoms with Gasteiger partial charge < -0.3 is 5.11 Å². The maximum Gasteiger partial charge on any atom is 0.317 e. The molecule has 0 aliphatic rings. The standard InChI is InChI=1S/C15H24N2O2/c1-4-6-7-12-8-9-13(16-10-12)15(3,5-2)17-11-14(18)19/h8-10,17H,4-7,11H2,1-3H3,(H,18,19). The fourth-order valence-electron chi connectivity index (χ4n) is 1.95. The minimum atomic E-state index is -0.848. The number of nitrogens with one attached hydrogen (secondary N) is 1. The maximum absolute atomic E-state index is 10.7. The fraction of sp³-hybridized carbons (Fsp3) is 0.600. The molecule has 1 rings (SSSR count). The molecule has 106 valence electrons. The van der Waals surface area contributed by atoms with E-state index in [2.05, 4.69) is 23.3 Å². The van der Waals surface area contributed by atoms with Crippen molar-refractivity contribution in [2.75, 3.05) is 6.54 Å². The van der Waals surface area contributed by atoms with Crippen molar-refractivity contribution < 1.29 is 9.90 Å². The molecule has 0 fully saturated rings. The number of aryl methyl sites for hydroxylation is 1. The Bertz CT molecular complexity index is 403. The van der Waals surface area contributed by atoms with Crippen LogP contribution in [0.15, 0.2) is 18.3 Å². The van der Waals surface area contributed by atoms with Gasteiger partial charge in [-0.3, -0.25) is 15.1 Å². The van der Waals surface area contributed by atoms with Crippen molar-refractivity contribution in [3.63, 3.8) is 0 Å². The average molecular weight is 264 g/mol. The van der Waals surface area contributed by atoms with Gasteiger partial charge >= 0.3 is 5.97 Å². The van der Waals surface area contributed by atoms with E-state index in [1.165, 1.54) is 18.4 Å². The molecule has 2 N–H and O–H groups in total. The van der Waals surface area contributed by atoms with Gasteiger partial charge in [0.1, 0.15) is 0 Å². The molecule has 4 heteroatoms. The summed E-state index contributed by atoms with van der Waals surface area (Å²) in [5.41, 5.74) is 1.75. The van der Waals surface area contributed by atoms with E-state index in [0.29, 0.717) is 0 Å². The van der Waals surface area contributed by atoms with E-state index < -0.39 is 5.97 Å².